The van der Waals surface area contributed by atoms with Crippen LogP contribution in [-0.2, 0) is 4.79 Å². The molecule has 1 unspecified atom stereocenters. The first-order valence-electron chi connectivity index (χ1n) is 4.95. The Morgan fingerprint density at radius 2 is 2.25 bits per heavy atom. The van der Waals surface area contributed by atoms with Gasteiger partial charge in [-0.25, -0.2) is 4.39 Å². The average Bonchev–Trinajstić information content (AvgIpc) is 2.23. The third-order valence-corrected chi connectivity index (χ3v) is 2.47. The lowest BCUT2D eigenvalue weighted by Crippen LogP contribution is -2.28. The standard InChI is InChI=1S/C11H14ClFN2O/c1-7(6-14-2)11(16)15-10-5-8(13)3-4-9(10)12/h3-5,7,14H,6H2,1-2H3,(H,15,16). The van der Waals surface area contributed by atoms with Crippen molar-refractivity contribution >= 4 is 23.2 Å². The van der Waals surface area contributed by atoms with Gasteiger partial charge >= 0.3 is 0 Å². The molecule has 0 heterocycles. The minimum absolute atomic E-state index is 0.193. The number of carbonyl (C=O) groups is 1. The maximum absolute atomic E-state index is 12.9. The fraction of sp³-hybridized carbons (Fsp3) is 0.364. The zero-order chi connectivity index (χ0) is 12.1. The molecule has 1 amide bonds. The first-order chi connectivity index (χ1) is 7.54. The number of hydrogen-bond acceptors (Lipinski definition) is 2. The van der Waals surface area contributed by atoms with Crippen LogP contribution in [0.2, 0.25) is 5.02 Å². The van der Waals surface area contributed by atoms with Crippen LogP contribution in [-0.4, -0.2) is 19.5 Å². The molecule has 0 saturated heterocycles. The molecule has 0 radical (unpaired) electrons. The molecular weight excluding hydrogens is 231 g/mol. The van der Waals surface area contributed by atoms with E-state index in [-0.39, 0.29) is 11.8 Å². The van der Waals surface area contributed by atoms with Crippen LogP contribution in [0.5, 0.6) is 0 Å². The average molecular weight is 245 g/mol. The van der Waals surface area contributed by atoms with Gasteiger partial charge in [0.2, 0.25) is 5.91 Å². The summed E-state index contributed by atoms with van der Waals surface area (Å²) in [5.41, 5.74) is 0.301. The first-order valence-corrected chi connectivity index (χ1v) is 5.33. The Bertz CT molecular complexity index is 384. The van der Waals surface area contributed by atoms with E-state index in [0.717, 1.165) is 0 Å². The van der Waals surface area contributed by atoms with Gasteiger partial charge in [0.1, 0.15) is 5.82 Å². The number of rotatable bonds is 4. The zero-order valence-corrected chi connectivity index (χ0v) is 9.94. The lowest BCUT2D eigenvalue weighted by atomic mass is 10.1. The Labute approximate surface area is 99.0 Å². The monoisotopic (exact) mass is 244 g/mol. The van der Waals surface area contributed by atoms with Crippen LogP contribution in [0, 0.1) is 11.7 Å². The normalized spacial score (nSPS) is 12.2. The second-order valence-corrected chi connectivity index (χ2v) is 3.98. The quantitative estimate of drug-likeness (QED) is 0.853. The summed E-state index contributed by atoms with van der Waals surface area (Å²) in [6.45, 7) is 2.33. The summed E-state index contributed by atoms with van der Waals surface area (Å²) in [5.74, 6) is -0.827. The summed E-state index contributed by atoms with van der Waals surface area (Å²) < 4.78 is 12.9. The molecule has 0 saturated carbocycles. The molecule has 5 heteroatoms. The van der Waals surface area contributed by atoms with Crippen LogP contribution in [0.1, 0.15) is 6.92 Å². The maximum Gasteiger partial charge on any atom is 0.228 e. The van der Waals surface area contributed by atoms with E-state index in [2.05, 4.69) is 10.6 Å². The van der Waals surface area contributed by atoms with Crippen molar-refractivity contribution in [1.82, 2.24) is 5.32 Å². The Morgan fingerprint density at radius 1 is 1.56 bits per heavy atom. The van der Waals surface area contributed by atoms with E-state index in [4.69, 9.17) is 11.6 Å². The third kappa shape index (κ3) is 3.47. The van der Waals surface area contributed by atoms with Gasteiger partial charge in [-0.3, -0.25) is 4.79 Å². The molecule has 0 spiro atoms. The lowest BCUT2D eigenvalue weighted by molar-refractivity contribution is -0.119. The van der Waals surface area contributed by atoms with Crippen molar-refractivity contribution in [1.29, 1.82) is 0 Å². The van der Waals surface area contributed by atoms with Gasteiger partial charge < -0.3 is 10.6 Å². The van der Waals surface area contributed by atoms with Gasteiger partial charge in [0.25, 0.3) is 0 Å². The molecular formula is C11H14ClFN2O. The molecule has 88 valence electrons. The molecule has 0 bridgehead atoms. The topological polar surface area (TPSA) is 41.1 Å². The number of carbonyl (C=O) groups excluding carboxylic acids is 1. The van der Waals surface area contributed by atoms with Gasteiger partial charge in [-0.1, -0.05) is 18.5 Å². The smallest absolute Gasteiger partial charge is 0.228 e. The van der Waals surface area contributed by atoms with Crippen LogP contribution in [0.15, 0.2) is 18.2 Å². The molecule has 3 nitrogen and oxygen atoms in total. The van der Waals surface area contributed by atoms with E-state index in [1.807, 2.05) is 0 Å². The number of hydrogen-bond donors (Lipinski definition) is 2. The number of nitrogens with one attached hydrogen (secondary N) is 2. The highest BCUT2D eigenvalue weighted by molar-refractivity contribution is 6.33. The highest BCUT2D eigenvalue weighted by Gasteiger charge is 2.13. The van der Waals surface area contributed by atoms with Crippen molar-refractivity contribution in [3.05, 3.63) is 29.0 Å². The van der Waals surface area contributed by atoms with Crippen LogP contribution in [0.25, 0.3) is 0 Å². The largest absolute Gasteiger partial charge is 0.324 e. The fourth-order valence-electron chi connectivity index (χ4n) is 1.25. The molecule has 1 rings (SSSR count). The van der Waals surface area contributed by atoms with E-state index in [1.54, 1.807) is 14.0 Å². The summed E-state index contributed by atoms with van der Waals surface area (Å²) in [6, 6.07) is 3.86. The Kier molecular flexibility index (Phi) is 4.71. The number of amides is 1. The third-order valence-electron chi connectivity index (χ3n) is 2.14. The fourth-order valence-corrected chi connectivity index (χ4v) is 1.41. The molecule has 0 aromatic heterocycles. The summed E-state index contributed by atoms with van der Waals surface area (Å²) >= 11 is 5.83. The van der Waals surface area contributed by atoms with Crippen molar-refractivity contribution in [3.8, 4) is 0 Å². The van der Waals surface area contributed by atoms with Crippen LogP contribution in [0.4, 0.5) is 10.1 Å². The second-order valence-electron chi connectivity index (χ2n) is 3.57. The van der Waals surface area contributed by atoms with Gasteiger partial charge in [-0.15, -0.1) is 0 Å². The summed E-state index contributed by atoms with van der Waals surface area (Å²) in [6.07, 6.45) is 0. The van der Waals surface area contributed by atoms with Crippen LogP contribution in [0.3, 0.4) is 0 Å². The van der Waals surface area contributed by atoms with E-state index in [9.17, 15) is 9.18 Å². The Hall–Kier alpha value is -1.13. The molecule has 1 atom stereocenters. The maximum atomic E-state index is 12.9. The van der Waals surface area contributed by atoms with E-state index < -0.39 is 5.82 Å². The van der Waals surface area contributed by atoms with Gasteiger partial charge in [-0.2, -0.15) is 0 Å². The zero-order valence-electron chi connectivity index (χ0n) is 9.18. The molecule has 1 aromatic rings. The van der Waals surface area contributed by atoms with Crippen LogP contribution >= 0.6 is 11.6 Å². The molecule has 2 N–H and O–H groups in total. The molecule has 0 aliphatic rings. The van der Waals surface area contributed by atoms with Crippen molar-refractivity contribution in [2.75, 3.05) is 18.9 Å². The Morgan fingerprint density at radius 3 is 2.88 bits per heavy atom. The summed E-state index contributed by atoms with van der Waals surface area (Å²) in [4.78, 5) is 11.6. The molecule has 0 aliphatic heterocycles. The van der Waals surface area contributed by atoms with E-state index in [0.29, 0.717) is 17.3 Å². The van der Waals surface area contributed by atoms with Crippen molar-refractivity contribution in [3.63, 3.8) is 0 Å². The van der Waals surface area contributed by atoms with Crippen molar-refractivity contribution < 1.29 is 9.18 Å². The lowest BCUT2D eigenvalue weighted by Gasteiger charge is -2.12. The number of anilines is 1. The van der Waals surface area contributed by atoms with E-state index >= 15 is 0 Å². The van der Waals surface area contributed by atoms with Crippen molar-refractivity contribution in [2.24, 2.45) is 5.92 Å². The molecule has 0 fully saturated rings. The minimum Gasteiger partial charge on any atom is -0.324 e. The molecule has 0 aliphatic carbocycles. The van der Waals surface area contributed by atoms with Gasteiger partial charge in [0.15, 0.2) is 0 Å². The second kappa shape index (κ2) is 5.82. The minimum atomic E-state index is -0.430. The summed E-state index contributed by atoms with van der Waals surface area (Å²) in [7, 11) is 1.76. The van der Waals surface area contributed by atoms with E-state index in [1.165, 1.54) is 18.2 Å². The predicted molar refractivity (Wildman–Crippen MR) is 63.1 cm³/mol. The molecule has 1 aromatic carbocycles. The SMILES string of the molecule is CNCC(C)C(=O)Nc1cc(F)ccc1Cl. The highest BCUT2D eigenvalue weighted by Crippen LogP contribution is 2.22. The van der Waals surface area contributed by atoms with Gasteiger partial charge in [0, 0.05) is 12.5 Å². The number of halogens is 2. The van der Waals surface area contributed by atoms with Gasteiger partial charge in [0.05, 0.1) is 10.7 Å². The van der Waals surface area contributed by atoms with Crippen LogP contribution < -0.4 is 10.6 Å². The van der Waals surface area contributed by atoms with Crippen molar-refractivity contribution in [2.45, 2.75) is 6.92 Å². The predicted octanol–water partition coefficient (Wildman–Crippen LogP) is 2.27. The first kappa shape index (κ1) is 12.9. The summed E-state index contributed by atoms with van der Waals surface area (Å²) in [5, 5.41) is 5.80. The van der Waals surface area contributed by atoms with Gasteiger partial charge in [-0.05, 0) is 25.2 Å². The molecule has 16 heavy (non-hydrogen) atoms. The number of benzene rings is 1. The highest BCUT2D eigenvalue weighted by atomic mass is 35.5. The Balaban J connectivity index is 2.72.